The predicted molar refractivity (Wildman–Crippen MR) is 77.3 cm³/mol. The Hall–Kier alpha value is -1.79. The van der Waals surface area contributed by atoms with Crippen molar-refractivity contribution in [1.82, 2.24) is 10.6 Å². The van der Waals surface area contributed by atoms with Crippen LogP contribution in [0.5, 0.6) is 0 Å². The SMILES string of the molecule is O=C(NC1CCOCC1)N[C@@H](C(=O)O)c1ccccc1Cl. The monoisotopic (exact) mass is 312 g/mol. The standard InChI is InChI=1S/C14H17ClN2O4/c15-11-4-2-1-3-10(11)12(13(18)19)17-14(20)16-9-5-7-21-8-6-9/h1-4,9,12H,5-8H2,(H,18,19)(H2,16,17,20)/t12-/m1/s1. The van der Waals surface area contributed by atoms with Gasteiger partial charge in [0.15, 0.2) is 6.04 Å². The van der Waals surface area contributed by atoms with Gasteiger partial charge in [0.25, 0.3) is 0 Å². The van der Waals surface area contributed by atoms with Gasteiger partial charge >= 0.3 is 12.0 Å². The predicted octanol–water partition coefficient (Wildman–Crippen LogP) is 1.94. The lowest BCUT2D eigenvalue weighted by Crippen LogP contribution is -2.47. The van der Waals surface area contributed by atoms with Gasteiger partial charge in [0.05, 0.1) is 0 Å². The molecule has 0 unspecified atom stereocenters. The molecule has 1 aliphatic rings. The molecule has 0 spiro atoms. The van der Waals surface area contributed by atoms with E-state index in [1.807, 2.05) is 0 Å². The van der Waals surface area contributed by atoms with Gasteiger partial charge < -0.3 is 20.5 Å². The molecule has 0 aliphatic carbocycles. The fourth-order valence-corrected chi connectivity index (χ4v) is 2.43. The Morgan fingerprint density at radius 2 is 1.95 bits per heavy atom. The van der Waals surface area contributed by atoms with E-state index in [0.29, 0.717) is 23.8 Å². The number of aliphatic carboxylic acids is 1. The quantitative estimate of drug-likeness (QED) is 0.793. The van der Waals surface area contributed by atoms with Gasteiger partial charge in [-0.3, -0.25) is 0 Å². The number of benzene rings is 1. The van der Waals surface area contributed by atoms with E-state index in [1.165, 1.54) is 0 Å². The van der Waals surface area contributed by atoms with E-state index in [1.54, 1.807) is 24.3 Å². The van der Waals surface area contributed by atoms with Crippen molar-refractivity contribution in [2.24, 2.45) is 0 Å². The number of carboxylic acids is 1. The van der Waals surface area contributed by atoms with Crippen LogP contribution in [0.25, 0.3) is 0 Å². The largest absolute Gasteiger partial charge is 0.479 e. The summed E-state index contributed by atoms with van der Waals surface area (Å²) in [6.07, 6.45) is 1.44. The molecule has 0 saturated carbocycles. The highest BCUT2D eigenvalue weighted by molar-refractivity contribution is 6.31. The van der Waals surface area contributed by atoms with E-state index < -0.39 is 18.0 Å². The van der Waals surface area contributed by atoms with Crippen molar-refractivity contribution in [2.45, 2.75) is 24.9 Å². The molecular weight excluding hydrogens is 296 g/mol. The number of carboxylic acid groups (broad SMARTS) is 1. The Morgan fingerprint density at radius 1 is 1.29 bits per heavy atom. The fourth-order valence-electron chi connectivity index (χ4n) is 2.18. The van der Waals surface area contributed by atoms with E-state index in [9.17, 15) is 14.7 Å². The number of carbonyl (C=O) groups is 2. The maximum Gasteiger partial charge on any atom is 0.331 e. The Kier molecular flexibility index (Phi) is 5.41. The van der Waals surface area contributed by atoms with E-state index >= 15 is 0 Å². The zero-order chi connectivity index (χ0) is 15.2. The van der Waals surface area contributed by atoms with Gasteiger partial charge in [0, 0.05) is 29.8 Å². The summed E-state index contributed by atoms with van der Waals surface area (Å²) in [6.45, 7) is 1.19. The molecule has 0 aromatic heterocycles. The van der Waals surface area contributed by atoms with Crippen LogP contribution < -0.4 is 10.6 Å². The van der Waals surface area contributed by atoms with Crippen LogP contribution in [0.4, 0.5) is 4.79 Å². The highest BCUT2D eigenvalue weighted by Crippen LogP contribution is 2.22. The number of rotatable bonds is 4. The molecule has 21 heavy (non-hydrogen) atoms. The number of carbonyl (C=O) groups excluding carboxylic acids is 1. The molecule has 1 saturated heterocycles. The third-order valence-electron chi connectivity index (χ3n) is 3.30. The van der Waals surface area contributed by atoms with Gasteiger partial charge in [-0.25, -0.2) is 9.59 Å². The minimum Gasteiger partial charge on any atom is -0.479 e. The average Bonchev–Trinajstić information content (AvgIpc) is 2.46. The molecule has 0 bridgehead atoms. The summed E-state index contributed by atoms with van der Waals surface area (Å²) in [5.41, 5.74) is 0.355. The maximum atomic E-state index is 11.9. The van der Waals surface area contributed by atoms with Crippen LogP contribution in [0.2, 0.25) is 5.02 Å². The number of amides is 2. The van der Waals surface area contributed by atoms with Crippen LogP contribution in [0.3, 0.4) is 0 Å². The number of urea groups is 1. The van der Waals surface area contributed by atoms with E-state index in [0.717, 1.165) is 12.8 Å². The van der Waals surface area contributed by atoms with Crippen LogP contribution >= 0.6 is 11.6 Å². The molecule has 2 amide bonds. The van der Waals surface area contributed by atoms with Crippen LogP contribution in [0.1, 0.15) is 24.4 Å². The molecule has 1 heterocycles. The van der Waals surface area contributed by atoms with Crippen molar-refractivity contribution in [3.63, 3.8) is 0 Å². The highest BCUT2D eigenvalue weighted by Gasteiger charge is 2.25. The molecule has 114 valence electrons. The maximum absolute atomic E-state index is 11.9. The molecule has 0 radical (unpaired) electrons. The summed E-state index contributed by atoms with van der Waals surface area (Å²) in [6, 6.07) is 4.84. The Labute approximate surface area is 127 Å². The number of halogens is 1. The minimum atomic E-state index is -1.18. The van der Waals surface area contributed by atoms with Gasteiger partial charge in [-0.1, -0.05) is 29.8 Å². The summed E-state index contributed by atoms with van der Waals surface area (Å²) in [5.74, 6) is -1.16. The van der Waals surface area contributed by atoms with Crippen molar-refractivity contribution >= 4 is 23.6 Å². The molecule has 1 aromatic carbocycles. The van der Waals surface area contributed by atoms with Crippen molar-refractivity contribution in [1.29, 1.82) is 0 Å². The first-order chi connectivity index (χ1) is 10.1. The number of ether oxygens (including phenoxy) is 1. The highest BCUT2D eigenvalue weighted by atomic mass is 35.5. The fraction of sp³-hybridized carbons (Fsp3) is 0.429. The zero-order valence-corrected chi connectivity index (χ0v) is 12.1. The average molecular weight is 313 g/mol. The van der Waals surface area contributed by atoms with Crippen molar-refractivity contribution in [3.05, 3.63) is 34.9 Å². The summed E-state index contributed by atoms with van der Waals surface area (Å²) >= 11 is 5.99. The van der Waals surface area contributed by atoms with Crippen LogP contribution in [-0.4, -0.2) is 36.4 Å². The van der Waals surface area contributed by atoms with Crippen molar-refractivity contribution in [2.75, 3.05) is 13.2 Å². The van der Waals surface area contributed by atoms with Gasteiger partial charge in [-0.2, -0.15) is 0 Å². The molecule has 3 N–H and O–H groups in total. The topological polar surface area (TPSA) is 87.7 Å². The van der Waals surface area contributed by atoms with Gasteiger partial charge in [0.1, 0.15) is 0 Å². The summed E-state index contributed by atoms with van der Waals surface area (Å²) < 4.78 is 5.20. The van der Waals surface area contributed by atoms with Gasteiger partial charge in [-0.05, 0) is 18.9 Å². The van der Waals surface area contributed by atoms with Crippen molar-refractivity contribution < 1.29 is 19.4 Å². The minimum absolute atomic E-state index is 0.000518. The lowest BCUT2D eigenvalue weighted by molar-refractivity contribution is -0.139. The smallest absolute Gasteiger partial charge is 0.331 e. The number of hydrogen-bond acceptors (Lipinski definition) is 3. The molecule has 7 heteroatoms. The van der Waals surface area contributed by atoms with Crippen LogP contribution in [-0.2, 0) is 9.53 Å². The molecule has 2 rings (SSSR count). The van der Waals surface area contributed by atoms with Crippen LogP contribution in [0.15, 0.2) is 24.3 Å². The van der Waals surface area contributed by atoms with E-state index in [2.05, 4.69) is 10.6 Å². The Balaban J connectivity index is 2.01. The Morgan fingerprint density at radius 3 is 2.57 bits per heavy atom. The zero-order valence-electron chi connectivity index (χ0n) is 11.3. The summed E-state index contributed by atoms with van der Waals surface area (Å²) in [7, 11) is 0. The van der Waals surface area contributed by atoms with Gasteiger partial charge in [-0.15, -0.1) is 0 Å². The molecule has 1 atom stereocenters. The second-order valence-electron chi connectivity index (χ2n) is 4.80. The van der Waals surface area contributed by atoms with E-state index in [-0.39, 0.29) is 6.04 Å². The third kappa shape index (κ3) is 4.34. The Bertz CT molecular complexity index is 517. The lowest BCUT2D eigenvalue weighted by atomic mass is 10.1. The lowest BCUT2D eigenvalue weighted by Gasteiger charge is -2.24. The summed E-state index contributed by atoms with van der Waals surface area (Å²) in [5, 5.41) is 14.8. The van der Waals surface area contributed by atoms with Crippen LogP contribution in [0, 0.1) is 0 Å². The molecule has 1 aliphatic heterocycles. The van der Waals surface area contributed by atoms with Gasteiger partial charge in [0.2, 0.25) is 0 Å². The first-order valence-electron chi connectivity index (χ1n) is 6.70. The first kappa shape index (κ1) is 15.6. The molecule has 1 aromatic rings. The number of nitrogens with one attached hydrogen (secondary N) is 2. The molecular formula is C14H17ClN2O4. The third-order valence-corrected chi connectivity index (χ3v) is 3.64. The molecule has 1 fully saturated rings. The normalized spacial score (nSPS) is 17.0. The van der Waals surface area contributed by atoms with E-state index in [4.69, 9.17) is 16.3 Å². The summed E-state index contributed by atoms with van der Waals surface area (Å²) in [4.78, 5) is 23.3. The first-order valence-corrected chi connectivity index (χ1v) is 7.07. The number of hydrogen-bond donors (Lipinski definition) is 3. The second-order valence-corrected chi connectivity index (χ2v) is 5.20. The second kappa shape index (κ2) is 7.28. The molecule has 6 nitrogen and oxygen atoms in total. The van der Waals surface area contributed by atoms with Crippen molar-refractivity contribution in [3.8, 4) is 0 Å².